The number of benzene rings is 1. The first-order chi connectivity index (χ1) is 10.1. The highest BCUT2D eigenvalue weighted by Crippen LogP contribution is 2.20. The van der Waals surface area contributed by atoms with E-state index in [-0.39, 0.29) is 11.9 Å². The van der Waals surface area contributed by atoms with Crippen LogP contribution in [0.2, 0.25) is 0 Å². The van der Waals surface area contributed by atoms with E-state index in [0.29, 0.717) is 5.69 Å². The fourth-order valence-electron chi connectivity index (χ4n) is 3.11. The van der Waals surface area contributed by atoms with E-state index in [1.165, 1.54) is 11.1 Å². The van der Waals surface area contributed by atoms with Crippen LogP contribution < -0.4 is 5.32 Å². The third-order valence-corrected chi connectivity index (χ3v) is 4.15. The van der Waals surface area contributed by atoms with Crippen molar-refractivity contribution in [2.45, 2.75) is 38.6 Å². The van der Waals surface area contributed by atoms with Crippen molar-refractivity contribution in [1.29, 1.82) is 0 Å². The van der Waals surface area contributed by atoms with Gasteiger partial charge < -0.3 is 5.32 Å². The van der Waals surface area contributed by atoms with Crippen LogP contribution in [0.4, 0.5) is 0 Å². The monoisotopic (exact) mass is 283 g/mol. The molecule has 1 atom stereocenters. The normalized spacial score (nSPS) is 17.9. The van der Waals surface area contributed by atoms with Gasteiger partial charge in [-0.2, -0.15) is 5.10 Å². The van der Waals surface area contributed by atoms with Crippen molar-refractivity contribution < 1.29 is 4.79 Å². The Morgan fingerprint density at radius 2 is 2.10 bits per heavy atom. The molecule has 2 aromatic rings. The smallest absolute Gasteiger partial charge is 0.269 e. The number of carbonyl (C=O) groups is 1. The number of hydrogen-bond donors (Lipinski definition) is 1. The lowest BCUT2D eigenvalue weighted by atomic mass is 10.0. The fraction of sp³-hybridized carbons (Fsp3) is 0.412. The van der Waals surface area contributed by atoms with Gasteiger partial charge in [0.05, 0.1) is 5.69 Å². The zero-order valence-electron chi connectivity index (χ0n) is 12.6. The average Bonchev–Trinajstić information content (AvgIpc) is 2.68. The molecule has 0 saturated carbocycles. The van der Waals surface area contributed by atoms with E-state index >= 15 is 0 Å². The highest BCUT2D eigenvalue weighted by atomic mass is 16.2. The summed E-state index contributed by atoms with van der Waals surface area (Å²) in [6.45, 7) is 1.90. The molecule has 0 fully saturated rings. The lowest BCUT2D eigenvalue weighted by Crippen LogP contribution is -2.37. The van der Waals surface area contributed by atoms with Crippen LogP contribution in [0.15, 0.2) is 30.3 Å². The summed E-state index contributed by atoms with van der Waals surface area (Å²) < 4.78 is 1.65. The molecule has 1 heterocycles. The molecule has 1 amide bonds. The van der Waals surface area contributed by atoms with E-state index in [1.807, 2.05) is 20.0 Å². The molecule has 4 nitrogen and oxygen atoms in total. The van der Waals surface area contributed by atoms with E-state index in [9.17, 15) is 4.79 Å². The molecule has 0 spiro atoms. The molecule has 0 unspecified atom stereocenters. The number of amides is 1. The molecule has 4 heteroatoms. The van der Waals surface area contributed by atoms with E-state index < -0.39 is 0 Å². The van der Waals surface area contributed by atoms with Crippen molar-refractivity contribution in [3.8, 4) is 0 Å². The number of fused-ring (bicyclic) bond motifs is 1. The molecule has 1 aromatic heterocycles. The molecule has 1 aliphatic rings. The van der Waals surface area contributed by atoms with Gasteiger partial charge in [-0.15, -0.1) is 0 Å². The molecular weight excluding hydrogens is 262 g/mol. The maximum Gasteiger partial charge on any atom is 0.269 e. The van der Waals surface area contributed by atoms with Gasteiger partial charge in [0.15, 0.2) is 0 Å². The lowest BCUT2D eigenvalue weighted by molar-refractivity contribution is 0.0925. The van der Waals surface area contributed by atoms with E-state index in [0.717, 1.165) is 31.4 Å². The maximum absolute atomic E-state index is 12.4. The highest BCUT2D eigenvalue weighted by molar-refractivity contribution is 5.92. The van der Waals surface area contributed by atoms with Crippen LogP contribution in [0.5, 0.6) is 0 Å². The molecule has 21 heavy (non-hydrogen) atoms. The zero-order valence-corrected chi connectivity index (χ0v) is 12.6. The second-order valence-electron chi connectivity index (χ2n) is 5.83. The van der Waals surface area contributed by atoms with E-state index in [1.54, 1.807) is 4.68 Å². The summed E-state index contributed by atoms with van der Waals surface area (Å²) in [5.74, 6) is -0.0255. The van der Waals surface area contributed by atoms with Gasteiger partial charge in [0.25, 0.3) is 5.91 Å². The predicted molar refractivity (Wildman–Crippen MR) is 82.3 cm³/mol. The van der Waals surface area contributed by atoms with Gasteiger partial charge in [-0.05, 0) is 49.8 Å². The molecule has 0 saturated heterocycles. The quantitative estimate of drug-likeness (QED) is 0.860. The maximum atomic E-state index is 12.4. The van der Waals surface area contributed by atoms with Crippen LogP contribution in [0.3, 0.4) is 0 Å². The van der Waals surface area contributed by atoms with Crippen molar-refractivity contribution in [2.24, 2.45) is 7.05 Å². The van der Waals surface area contributed by atoms with Crippen LogP contribution in [0.25, 0.3) is 0 Å². The summed E-state index contributed by atoms with van der Waals surface area (Å²) in [5.41, 5.74) is 4.28. The topological polar surface area (TPSA) is 46.9 Å². The van der Waals surface area contributed by atoms with Crippen molar-refractivity contribution in [3.63, 3.8) is 0 Å². The highest BCUT2D eigenvalue weighted by Gasteiger charge is 2.20. The number of rotatable bonds is 2. The van der Waals surface area contributed by atoms with Crippen molar-refractivity contribution in [2.75, 3.05) is 0 Å². The first kappa shape index (κ1) is 13.9. The predicted octanol–water partition coefficient (Wildman–Crippen LogP) is 2.41. The second kappa shape index (κ2) is 5.72. The summed E-state index contributed by atoms with van der Waals surface area (Å²) in [6, 6.07) is 10.6. The fourth-order valence-corrected chi connectivity index (χ4v) is 3.11. The Morgan fingerprint density at radius 3 is 2.81 bits per heavy atom. The molecule has 0 bridgehead atoms. The van der Waals surface area contributed by atoms with Crippen LogP contribution in [0.1, 0.15) is 40.2 Å². The third-order valence-electron chi connectivity index (χ3n) is 4.15. The molecule has 1 N–H and O–H groups in total. The Labute approximate surface area is 125 Å². The minimum atomic E-state index is -0.0255. The summed E-state index contributed by atoms with van der Waals surface area (Å²) in [5, 5.41) is 7.41. The van der Waals surface area contributed by atoms with Crippen molar-refractivity contribution in [3.05, 3.63) is 52.8 Å². The van der Waals surface area contributed by atoms with Crippen molar-refractivity contribution in [1.82, 2.24) is 15.1 Å². The number of aromatic nitrogens is 2. The summed E-state index contributed by atoms with van der Waals surface area (Å²) >= 11 is 0. The molecule has 1 aliphatic carbocycles. The molecule has 0 aliphatic heterocycles. The first-order valence-corrected chi connectivity index (χ1v) is 7.52. The summed E-state index contributed by atoms with van der Waals surface area (Å²) in [7, 11) is 1.81. The Hall–Kier alpha value is -2.10. The molecule has 0 radical (unpaired) electrons. The molecular formula is C17H21N3O. The van der Waals surface area contributed by atoms with Gasteiger partial charge >= 0.3 is 0 Å². The number of carbonyl (C=O) groups excluding carboxylic acids is 1. The van der Waals surface area contributed by atoms with Crippen LogP contribution in [-0.2, 0) is 19.9 Å². The van der Waals surface area contributed by atoms with E-state index in [4.69, 9.17) is 0 Å². The number of aryl methyl sites for hydroxylation is 3. The first-order valence-electron chi connectivity index (χ1n) is 7.52. The average molecular weight is 283 g/mol. The van der Waals surface area contributed by atoms with E-state index in [2.05, 4.69) is 34.7 Å². The zero-order chi connectivity index (χ0) is 14.8. The standard InChI is InChI=1S/C17H21N3O/c1-12-10-16(20(2)19-12)17(21)18-15-9-5-8-13-6-3-4-7-14(13)11-15/h3-4,6-7,10,15H,5,8-9,11H2,1-2H3,(H,18,21)/t15-/m0/s1. The minimum Gasteiger partial charge on any atom is -0.348 e. The van der Waals surface area contributed by atoms with Gasteiger partial charge in [-0.1, -0.05) is 24.3 Å². The third kappa shape index (κ3) is 2.99. The van der Waals surface area contributed by atoms with Crippen LogP contribution >= 0.6 is 0 Å². The second-order valence-corrected chi connectivity index (χ2v) is 5.83. The Morgan fingerprint density at radius 1 is 1.33 bits per heavy atom. The number of nitrogens with one attached hydrogen (secondary N) is 1. The lowest BCUT2D eigenvalue weighted by Gasteiger charge is -2.17. The van der Waals surface area contributed by atoms with Gasteiger partial charge in [-0.25, -0.2) is 0 Å². The molecule has 110 valence electrons. The summed E-state index contributed by atoms with van der Waals surface area (Å²) in [4.78, 5) is 12.4. The minimum absolute atomic E-state index is 0.0255. The number of nitrogens with zero attached hydrogens (tertiary/aromatic N) is 2. The summed E-state index contributed by atoms with van der Waals surface area (Å²) in [6.07, 6.45) is 4.16. The van der Waals surface area contributed by atoms with Crippen molar-refractivity contribution >= 4 is 5.91 Å². The SMILES string of the molecule is Cc1cc(C(=O)N[C@H]2CCCc3ccccc3C2)n(C)n1. The molecule has 1 aromatic carbocycles. The molecule has 3 rings (SSSR count). The Bertz CT molecular complexity index is 660. The largest absolute Gasteiger partial charge is 0.348 e. The van der Waals surface area contributed by atoms with Gasteiger partial charge in [0.2, 0.25) is 0 Å². The number of hydrogen-bond acceptors (Lipinski definition) is 2. The van der Waals surface area contributed by atoms with Gasteiger partial charge in [0.1, 0.15) is 5.69 Å². The van der Waals surface area contributed by atoms with Crippen LogP contribution in [-0.4, -0.2) is 21.7 Å². The van der Waals surface area contributed by atoms with Crippen LogP contribution in [0, 0.1) is 6.92 Å². The van der Waals surface area contributed by atoms with Gasteiger partial charge in [0, 0.05) is 13.1 Å². The Balaban J connectivity index is 1.73. The van der Waals surface area contributed by atoms with Gasteiger partial charge in [-0.3, -0.25) is 9.48 Å². The Kier molecular flexibility index (Phi) is 3.78.